The summed E-state index contributed by atoms with van der Waals surface area (Å²) >= 11 is 0. The number of benzene rings is 1. The molecule has 0 aliphatic rings. The second kappa shape index (κ2) is 6.22. The van der Waals surface area contributed by atoms with Crippen molar-refractivity contribution in [3.8, 4) is 0 Å². The number of esters is 1. The third kappa shape index (κ3) is 3.98. The molecule has 1 aromatic rings. The van der Waals surface area contributed by atoms with Crippen molar-refractivity contribution >= 4 is 17.7 Å². The molecule has 2 N–H and O–H groups in total. The van der Waals surface area contributed by atoms with Gasteiger partial charge in [0.25, 0.3) is 0 Å². The highest BCUT2D eigenvalue weighted by Crippen LogP contribution is 2.23. The topological polar surface area (TPSA) is 67.4 Å². The van der Waals surface area contributed by atoms with Crippen molar-refractivity contribution in [2.45, 2.75) is 33.7 Å². The van der Waals surface area contributed by atoms with E-state index >= 15 is 0 Å². The van der Waals surface area contributed by atoms with Gasteiger partial charge < -0.3 is 15.4 Å². The first-order valence-electron chi connectivity index (χ1n) is 6.12. The van der Waals surface area contributed by atoms with Crippen molar-refractivity contribution in [2.24, 2.45) is 0 Å². The van der Waals surface area contributed by atoms with Gasteiger partial charge >= 0.3 is 12.0 Å². The molecule has 104 valence electrons. The third-order valence-corrected chi connectivity index (χ3v) is 2.54. The fourth-order valence-electron chi connectivity index (χ4n) is 1.86. The van der Waals surface area contributed by atoms with Crippen molar-refractivity contribution < 1.29 is 14.3 Å². The van der Waals surface area contributed by atoms with Crippen molar-refractivity contribution in [1.29, 1.82) is 0 Å². The minimum atomic E-state index is -0.461. The Morgan fingerprint density at radius 1 is 1.21 bits per heavy atom. The lowest BCUT2D eigenvalue weighted by Gasteiger charge is -2.15. The van der Waals surface area contributed by atoms with E-state index in [4.69, 9.17) is 4.74 Å². The quantitative estimate of drug-likeness (QED) is 0.825. The van der Waals surface area contributed by atoms with E-state index in [0.717, 1.165) is 11.1 Å². The molecule has 2 amide bonds. The summed E-state index contributed by atoms with van der Waals surface area (Å²) in [5, 5.41) is 5.40. The smallest absolute Gasteiger partial charge is 0.340 e. The van der Waals surface area contributed by atoms with Crippen molar-refractivity contribution in [3.63, 3.8) is 0 Å². The van der Waals surface area contributed by atoms with E-state index in [1.807, 2.05) is 33.8 Å². The van der Waals surface area contributed by atoms with Crippen LogP contribution in [0.3, 0.4) is 0 Å². The van der Waals surface area contributed by atoms with Crippen LogP contribution in [0, 0.1) is 13.8 Å². The normalized spacial score (nSPS) is 10.2. The average Bonchev–Trinajstić information content (AvgIpc) is 2.26. The highest BCUT2D eigenvalue weighted by Gasteiger charge is 2.17. The Kier molecular flexibility index (Phi) is 4.92. The number of aryl methyl sites for hydroxylation is 2. The zero-order chi connectivity index (χ0) is 14.6. The summed E-state index contributed by atoms with van der Waals surface area (Å²) < 4.78 is 4.75. The van der Waals surface area contributed by atoms with Crippen LogP contribution < -0.4 is 10.6 Å². The second-order valence-electron chi connectivity index (χ2n) is 4.75. The van der Waals surface area contributed by atoms with E-state index < -0.39 is 5.97 Å². The lowest BCUT2D eigenvalue weighted by atomic mass is 10.0. The van der Waals surface area contributed by atoms with Crippen molar-refractivity contribution in [1.82, 2.24) is 5.32 Å². The fraction of sp³-hybridized carbons (Fsp3) is 0.429. The van der Waals surface area contributed by atoms with Crippen LogP contribution in [-0.4, -0.2) is 25.2 Å². The molecule has 0 fully saturated rings. The number of ether oxygens (including phenoxy) is 1. The van der Waals surface area contributed by atoms with E-state index in [9.17, 15) is 9.59 Å². The fourth-order valence-corrected chi connectivity index (χ4v) is 1.86. The number of anilines is 1. The summed E-state index contributed by atoms with van der Waals surface area (Å²) in [6.07, 6.45) is 0. The molecule has 0 atom stereocenters. The summed E-state index contributed by atoms with van der Waals surface area (Å²) in [5.74, 6) is -0.461. The van der Waals surface area contributed by atoms with Gasteiger partial charge in [0, 0.05) is 6.04 Å². The number of urea groups is 1. The summed E-state index contributed by atoms with van der Waals surface area (Å²) in [6.45, 7) is 7.44. The van der Waals surface area contributed by atoms with Crippen LogP contribution in [0.4, 0.5) is 10.5 Å². The van der Waals surface area contributed by atoms with Crippen LogP contribution in [0.15, 0.2) is 12.1 Å². The molecule has 19 heavy (non-hydrogen) atoms. The predicted molar refractivity (Wildman–Crippen MR) is 74.5 cm³/mol. The molecule has 1 aromatic carbocycles. The number of carbonyl (C=O) groups is 2. The molecule has 0 bridgehead atoms. The molecule has 0 saturated heterocycles. The highest BCUT2D eigenvalue weighted by atomic mass is 16.5. The van der Waals surface area contributed by atoms with Crippen LogP contribution in [0.5, 0.6) is 0 Å². The molecule has 5 nitrogen and oxygen atoms in total. The molecule has 0 aliphatic carbocycles. The van der Waals surface area contributed by atoms with Crippen molar-refractivity contribution in [3.05, 3.63) is 28.8 Å². The maximum absolute atomic E-state index is 11.8. The maximum atomic E-state index is 11.8. The number of amides is 2. The molecule has 0 aromatic heterocycles. The maximum Gasteiger partial charge on any atom is 0.340 e. The Hall–Kier alpha value is -2.04. The predicted octanol–water partition coefficient (Wildman–Crippen LogP) is 2.62. The minimum absolute atomic E-state index is 0.0208. The summed E-state index contributed by atoms with van der Waals surface area (Å²) in [6, 6.07) is 3.30. The van der Waals surface area contributed by atoms with Gasteiger partial charge in [0.1, 0.15) is 0 Å². The standard InChI is InChI=1S/C14H20N2O3/c1-8(2)15-14(18)16-11-7-9(3)6-10(4)12(11)13(17)19-5/h6-8H,1-5H3,(H2,15,16,18). The molecule has 0 heterocycles. The van der Waals surface area contributed by atoms with Gasteiger partial charge in [0.2, 0.25) is 0 Å². The number of hydrogen-bond acceptors (Lipinski definition) is 3. The number of carbonyl (C=O) groups excluding carboxylic acids is 2. The van der Waals surface area contributed by atoms with Gasteiger partial charge in [-0.2, -0.15) is 0 Å². The molecule has 1 rings (SSSR count). The van der Waals surface area contributed by atoms with Crippen LogP contribution in [0.1, 0.15) is 35.3 Å². The molecule has 0 aliphatic heterocycles. The Balaban J connectivity index is 3.11. The van der Waals surface area contributed by atoms with Gasteiger partial charge in [-0.05, 0) is 44.9 Å². The third-order valence-electron chi connectivity index (χ3n) is 2.54. The zero-order valence-corrected chi connectivity index (χ0v) is 12.0. The molecule has 0 saturated carbocycles. The molecular formula is C14H20N2O3. The minimum Gasteiger partial charge on any atom is -0.465 e. The first kappa shape index (κ1) is 15.0. The molecular weight excluding hydrogens is 244 g/mol. The molecule has 5 heteroatoms. The first-order chi connectivity index (χ1) is 8.85. The van der Waals surface area contributed by atoms with E-state index in [1.54, 1.807) is 6.07 Å². The van der Waals surface area contributed by atoms with Gasteiger partial charge in [-0.25, -0.2) is 9.59 Å². The lowest BCUT2D eigenvalue weighted by Crippen LogP contribution is -2.34. The largest absolute Gasteiger partial charge is 0.465 e. The van der Waals surface area contributed by atoms with Gasteiger partial charge in [-0.1, -0.05) is 6.07 Å². The molecule has 0 unspecified atom stereocenters. The summed E-state index contributed by atoms with van der Waals surface area (Å²) in [7, 11) is 1.32. The van der Waals surface area contributed by atoms with Crippen LogP contribution in [-0.2, 0) is 4.74 Å². The van der Waals surface area contributed by atoms with Crippen LogP contribution in [0.25, 0.3) is 0 Å². The Morgan fingerprint density at radius 2 is 1.84 bits per heavy atom. The van der Waals surface area contributed by atoms with Crippen LogP contribution >= 0.6 is 0 Å². The van der Waals surface area contributed by atoms with E-state index in [2.05, 4.69) is 10.6 Å². The van der Waals surface area contributed by atoms with Gasteiger partial charge in [-0.15, -0.1) is 0 Å². The molecule has 0 radical (unpaired) electrons. The summed E-state index contributed by atoms with van der Waals surface area (Å²) in [5.41, 5.74) is 2.58. The van der Waals surface area contributed by atoms with Gasteiger partial charge in [0.15, 0.2) is 0 Å². The second-order valence-corrected chi connectivity index (χ2v) is 4.75. The Morgan fingerprint density at radius 3 is 2.37 bits per heavy atom. The summed E-state index contributed by atoms with van der Waals surface area (Å²) in [4.78, 5) is 23.5. The highest BCUT2D eigenvalue weighted by molar-refractivity contribution is 6.02. The Labute approximate surface area is 113 Å². The number of nitrogens with one attached hydrogen (secondary N) is 2. The van der Waals surface area contributed by atoms with E-state index in [0.29, 0.717) is 11.3 Å². The average molecular weight is 264 g/mol. The zero-order valence-electron chi connectivity index (χ0n) is 12.0. The van der Waals surface area contributed by atoms with E-state index in [-0.39, 0.29) is 12.1 Å². The Bertz CT molecular complexity index is 496. The lowest BCUT2D eigenvalue weighted by molar-refractivity contribution is 0.0601. The van der Waals surface area contributed by atoms with Crippen molar-refractivity contribution in [2.75, 3.05) is 12.4 Å². The van der Waals surface area contributed by atoms with Gasteiger partial charge in [0.05, 0.1) is 18.4 Å². The number of hydrogen-bond donors (Lipinski definition) is 2. The monoisotopic (exact) mass is 264 g/mol. The van der Waals surface area contributed by atoms with E-state index in [1.165, 1.54) is 7.11 Å². The first-order valence-corrected chi connectivity index (χ1v) is 6.12. The van der Waals surface area contributed by atoms with Crippen LogP contribution in [0.2, 0.25) is 0 Å². The van der Waals surface area contributed by atoms with Gasteiger partial charge in [-0.3, -0.25) is 0 Å². The number of rotatable bonds is 3. The SMILES string of the molecule is COC(=O)c1c(C)cc(C)cc1NC(=O)NC(C)C. The number of methoxy groups -OCH3 is 1. The molecule has 0 spiro atoms.